The molecule has 2 atom stereocenters. The van der Waals surface area contributed by atoms with E-state index in [2.05, 4.69) is 9.88 Å². The first kappa shape index (κ1) is 12.5. The van der Waals surface area contributed by atoms with Crippen molar-refractivity contribution in [3.63, 3.8) is 0 Å². The molecule has 1 aliphatic rings. The quantitative estimate of drug-likeness (QED) is 0.846. The van der Waals surface area contributed by atoms with Crippen LogP contribution in [0.4, 0.5) is 0 Å². The molecule has 0 aliphatic carbocycles. The summed E-state index contributed by atoms with van der Waals surface area (Å²) in [4.78, 5) is 6.19. The molecule has 1 saturated heterocycles. The lowest BCUT2D eigenvalue weighted by molar-refractivity contribution is -0.123. The van der Waals surface area contributed by atoms with E-state index in [0.29, 0.717) is 19.6 Å². The number of hydrogen-bond acceptors (Lipinski definition) is 4. The third-order valence-electron chi connectivity index (χ3n) is 3.37. The van der Waals surface area contributed by atoms with Crippen molar-refractivity contribution < 1.29 is 9.84 Å². The summed E-state index contributed by atoms with van der Waals surface area (Å²) in [6.07, 6.45) is 4.12. The van der Waals surface area contributed by atoms with E-state index >= 15 is 0 Å². The minimum atomic E-state index is -0.809. The molecular weight excluding hydrogens is 216 g/mol. The fraction of sp³-hybridized carbons (Fsp3) is 0.615. The molecule has 1 aliphatic heterocycles. The van der Waals surface area contributed by atoms with Crippen molar-refractivity contribution in [2.24, 2.45) is 5.92 Å². The van der Waals surface area contributed by atoms with E-state index in [1.54, 1.807) is 12.4 Å². The molecule has 0 radical (unpaired) electrons. The van der Waals surface area contributed by atoms with Gasteiger partial charge in [0.25, 0.3) is 0 Å². The van der Waals surface area contributed by atoms with E-state index < -0.39 is 5.60 Å². The zero-order valence-electron chi connectivity index (χ0n) is 10.5. The fourth-order valence-corrected chi connectivity index (χ4v) is 2.44. The van der Waals surface area contributed by atoms with E-state index in [4.69, 9.17) is 4.74 Å². The molecule has 0 bridgehead atoms. The first-order chi connectivity index (χ1) is 8.13. The largest absolute Gasteiger partial charge is 0.385 e. The van der Waals surface area contributed by atoms with Crippen molar-refractivity contribution in [1.29, 1.82) is 0 Å². The lowest BCUT2D eigenvalue weighted by Crippen LogP contribution is -2.47. The maximum Gasteiger partial charge on any atom is 0.0995 e. The van der Waals surface area contributed by atoms with Crippen LogP contribution >= 0.6 is 0 Å². The SMILES string of the molecule is CN(C)C[C@H]1COCC[C@]1(O)c1cccnc1. The lowest BCUT2D eigenvalue weighted by atomic mass is 9.78. The van der Waals surface area contributed by atoms with Crippen LogP contribution in [0.3, 0.4) is 0 Å². The van der Waals surface area contributed by atoms with Gasteiger partial charge in [-0.05, 0) is 20.2 Å². The van der Waals surface area contributed by atoms with Gasteiger partial charge in [0.2, 0.25) is 0 Å². The van der Waals surface area contributed by atoms with E-state index in [-0.39, 0.29) is 5.92 Å². The van der Waals surface area contributed by atoms with Gasteiger partial charge in [-0.25, -0.2) is 0 Å². The zero-order chi connectivity index (χ0) is 12.3. The molecule has 2 rings (SSSR count). The van der Waals surface area contributed by atoms with Crippen molar-refractivity contribution in [2.75, 3.05) is 33.9 Å². The summed E-state index contributed by atoms with van der Waals surface area (Å²) in [5.74, 6) is 0.0930. The molecular formula is C13H20N2O2. The number of rotatable bonds is 3. The second kappa shape index (κ2) is 5.12. The molecule has 0 saturated carbocycles. The normalized spacial score (nSPS) is 29.5. The number of nitrogens with zero attached hydrogens (tertiary/aromatic N) is 2. The highest BCUT2D eigenvalue weighted by atomic mass is 16.5. The Morgan fingerprint density at radius 3 is 3.06 bits per heavy atom. The van der Waals surface area contributed by atoms with E-state index in [0.717, 1.165) is 12.1 Å². The third-order valence-corrected chi connectivity index (χ3v) is 3.37. The van der Waals surface area contributed by atoms with Crippen molar-refractivity contribution in [3.05, 3.63) is 30.1 Å². The number of pyridine rings is 1. The highest BCUT2D eigenvalue weighted by molar-refractivity contribution is 5.20. The number of hydrogen-bond donors (Lipinski definition) is 1. The molecule has 17 heavy (non-hydrogen) atoms. The van der Waals surface area contributed by atoms with Gasteiger partial charge >= 0.3 is 0 Å². The van der Waals surface area contributed by atoms with Crippen molar-refractivity contribution in [1.82, 2.24) is 9.88 Å². The Kier molecular flexibility index (Phi) is 3.76. The molecule has 1 N–H and O–H groups in total. The van der Waals surface area contributed by atoms with Gasteiger partial charge in [-0.3, -0.25) is 4.98 Å². The Bertz CT molecular complexity index is 356. The molecule has 0 amide bonds. The molecule has 0 spiro atoms. The van der Waals surface area contributed by atoms with Crippen LogP contribution in [0.2, 0.25) is 0 Å². The zero-order valence-corrected chi connectivity index (χ0v) is 10.5. The van der Waals surface area contributed by atoms with Crippen molar-refractivity contribution >= 4 is 0 Å². The van der Waals surface area contributed by atoms with Crippen LogP contribution in [0.25, 0.3) is 0 Å². The topological polar surface area (TPSA) is 45.6 Å². The highest BCUT2D eigenvalue weighted by Crippen LogP contribution is 2.36. The van der Waals surface area contributed by atoms with Crippen LogP contribution in [0.5, 0.6) is 0 Å². The Labute approximate surface area is 102 Å². The second-order valence-electron chi connectivity index (χ2n) is 4.95. The van der Waals surface area contributed by atoms with Crippen LogP contribution in [-0.2, 0) is 10.3 Å². The molecule has 4 nitrogen and oxygen atoms in total. The molecule has 0 aromatic carbocycles. The maximum atomic E-state index is 10.9. The minimum absolute atomic E-state index is 0.0930. The van der Waals surface area contributed by atoms with Crippen molar-refractivity contribution in [2.45, 2.75) is 12.0 Å². The Morgan fingerprint density at radius 1 is 1.59 bits per heavy atom. The van der Waals surface area contributed by atoms with E-state index in [9.17, 15) is 5.11 Å². The predicted molar refractivity (Wildman–Crippen MR) is 65.6 cm³/mol. The van der Waals surface area contributed by atoms with Crippen LogP contribution in [0, 0.1) is 5.92 Å². The number of aliphatic hydroxyl groups is 1. The number of ether oxygens (including phenoxy) is 1. The average molecular weight is 236 g/mol. The smallest absolute Gasteiger partial charge is 0.0995 e. The van der Waals surface area contributed by atoms with Gasteiger partial charge in [0.05, 0.1) is 12.2 Å². The number of aromatic nitrogens is 1. The van der Waals surface area contributed by atoms with Gasteiger partial charge in [0.1, 0.15) is 0 Å². The molecule has 1 fully saturated rings. The van der Waals surface area contributed by atoms with Gasteiger partial charge in [0, 0.05) is 43.4 Å². The van der Waals surface area contributed by atoms with Crippen LogP contribution in [-0.4, -0.2) is 48.8 Å². The monoisotopic (exact) mass is 236 g/mol. The fourth-order valence-electron chi connectivity index (χ4n) is 2.44. The molecule has 1 aromatic rings. The van der Waals surface area contributed by atoms with Crippen LogP contribution in [0.1, 0.15) is 12.0 Å². The maximum absolute atomic E-state index is 10.9. The Hall–Kier alpha value is -0.970. The van der Waals surface area contributed by atoms with Crippen molar-refractivity contribution in [3.8, 4) is 0 Å². The highest BCUT2D eigenvalue weighted by Gasteiger charge is 2.41. The van der Waals surface area contributed by atoms with Gasteiger partial charge < -0.3 is 14.7 Å². The molecule has 1 aromatic heterocycles. The van der Waals surface area contributed by atoms with Crippen LogP contribution < -0.4 is 0 Å². The Balaban J connectivity index is 2.25. The first-order valence-electron chi connectivity index (χ1n) is 5.98. The summed E-state index contributed by atoms with van der Waals surface area (Å²) in [5.41, 5.74) is 0.0895. The van der Waals surface area contributed by atoms with Gasteiger partial charge in [-0.2, -0.15) is 0 Å². The Morgan fingerprint density at radius 2 is 2.41 bits per heavy atom. The standard InChI is InChI=1S/C13H20N2O2/c1-15(2)9-12-10-17-7-5-13(12,16)11-4-3-6-14-8-11/h3-4,6,8,12,16H,5,7,9-10H2,1-2H3/t12-,13-/m0/s1. The van der Waals surface area contributed by atoms with E-state index in [1.165, 1.54) is 0 Å². The molecule has 0 unspecified atom stereocenters. The molecule has 2 heterocycles. The summed E-state index contributed by atoms with van der Waals surface area (Å²) in [6.45, 7) is 2.02. The van der Waals surface area contributed by atoms with Gasteiger partial charge in [-0.15, -0.1) is 0 Å². The second-order valence-corrected chi connectivity index (χ2v) is 4.95. The van der Waals surface area contributed by atoms with Gasteiger partial charge in [0.15, 0.2) is 0 Å². The van der Waals surface area contributed by atoms with Crippen LogP contribution in [0.15, 0.2) is 24.5 Å². The summed E-state index contributed by atoms with van der Waals surface area (Å²) in [5, 5.41) is 10.9. The molecule has 94 valence electrons. The lowest BCUT2D eigenvalue weighted by Gasteiger charge is -2.41. The van der Waals surface area contributed by atoms with E-state index in [1.807, 2.05) is 26.2 Å². The van der Waals surface area contributed by atoms with Gasteiger partial charge in [-0.1, -0.05) is 6.07 Å². The summed E-state index contributed by atoms with van der Waals surface area (Å²) in [7, 11) is 4.02. The molecule has 4 heteroatoms. The minimum Gasteiger partial charge on any atom is -0.385 e. The predicted octanol–water partition coefficient (Wildman–Crippen LogP) is 0.867. The average Bonchev–Trinajstić information content (AvgIpc) is 2.33. The summed E-state index contributed by atoms with van der Waals surface area (Å²) >= 11 is 0. The third kappa shape index (κ3) is 2.65. The summed E-state index contributed by atoms with van der Waals surface area (Å²) in [6, 6.07) is 3.82. The summed E-state index contributed by atoms with van der Waals surface area (Å²) < 4.78 is 5.49. The first-order valence-corrected chi connectivity index (χ1v) is 5.98.